The quantitative estimate of drug-likeness (QED) is 0.0188. The Morgan fingerprint density at radius 1 is 0.430 bits per heavy atom. The number of aliphatic hydroxyl groups is 3. The minimum atomic E-state index is -1.87. The van der Waals surface area contributed by atoms with Crippen LogP contribution in [0.15, 0.2) is 91.4 Å². The van der Waals surface area contributed by atoms with Crippen molar-refractivity contribution in [2.45, 2.75) is 209 Å². The maximum absolute atomic E-state index is 13.9. The Labute approximate surface area is 858 Å². The average Bonchev–Trinajstić information content (AvgIpc) is 1.71. The molecule has 3 aromatic carbocycles. The Morgan fingerprint density at radius 3 is 1.05 bits per heavy atom. The topological polar surface area (TPSA) is 612 Å². The van der Waals surface area contributed by atoms with Crippen LogP contribution in [0, 0.1) is 52.4 Å². The van der Waals surface area contributed by atoms with Crippen LogP contribution >= 0.6 is 0 Å². The van der Waals surface area contributed by atoms with Gasteiger partial charge in [0.05, 0.1) is 99.8 Å². The van der Waals surface area contributed by atoms with Gasteiger partial charge in [0, 0.05) is 142 Å². The van der Waals surface area contributed by atoms with Gasteiger partial charge < -0.3 is 147 Å². The number of nitrogens with two attached hydrogens (primary N) is 2. The standard InChI is InChI=1S/C22H20F3N3O5.C21H18F3N3O5.C15H16N2O6.C13H17NO8.C11H13NO8.C7H6F3N.C5H11NO.Na/c1-32-20-18-22(31)28-11-2-3-12(6-11)33-17(28)9-27(18)8-14(19(20)29)21(30)26-7-13-15(24)4-10(23)5-16(13)25;22-9-3-14(23)12(15(24)4-9)6-25-20(30)13-7-26-8-16-27(10-1-2-11(5-10)32-16)21(31)17(26)19(29)18(13)28;1-22-13-11-14(19)17-7-2-3-8(4-7)23-10(17)6-16(11)5-9(12(13)18)15(20)21;1-19-8(20-2)6-14-5-7(12(16)17)10(15)11(21-3)9(14)13(18)22-4;1-19-9-7(11(18)20-2)12(4-6(13)14)3-5(8(9)15)10(16)17;8-4-1-6(9)5(3-11)7(10)2-4;6-4-1-2-5(7)3-4;/h4-5,8,11-12,17H,2-3,6-7,9H2,1H3,(H,26,30);3-4,7,10-11,16,29H,1-2,5-6,8H2,(H,25,30);5,7-8,10H,2-4,6H2,1H3,(H,20,21);5,8H,6H2,1-4H3,(H,16,17);3,6,13-14H,4H2,1-2H3,(H,16,17);1-2H,3,11H2;4-5,7H,1-3,6H2;/q;;;;;;;+1/p-1/t11-,12+,17+;10-,11+,16+;7-,8+,10+;;;;4-,5+;/m000...0./s1. The number of esters is 2. The third-order valence-corrected chi connectivity index (χ3v) is 25.6. The maximum Gasteiger partial charge on any atom is 1.00 e. The number of halogens is 9. The summed E-state index contributed by atoms with van der Waals surface area (Å²) in [6.07, 6.45) is 11.2. The molecule has 3 saturated heterocycles. The molecule has 6 bridgehead atoms. The van der Waals surface area contributed by atoms with Crippen LogP contribution in [0.3, 0.4) is 0 Å². The van der Waals surface area contributed by atoms with E-state index in [2.05, 4.69) is 20.1 Å². The summed E-state index contributed by atoms with van der Waals surface area (Å²) in [6.45, 7) is -1.56. The molecule has 4 saturated carbocycles. The predicted octanol–water partition coefficient (Wildman–Crippen LogP) is 0.266. The molecule has 5 aromatic heterocycles. The number of aromatic carboxylic acids is 3. The van der Waals surface area contributed by atoms with Gasteiger partial charge in [-0.15, -0.1) is 0 Å². The first-order chi connectivity index (χ1) is 70.2. The molecule has 0 unspecified atom stereocenters. The molecule has 7 fully saturated rings. The molecular weight excluding hydrogens is 2020 g/mol. The van der Waals surface area contributed by atoms with E-state index < -0.39 is 240 Å². The van der Waals surface area contributed by atoms with Crippen LogP contribution in [0.1, 0.15) is 198 Å². The van der Waals surface area contributed by atoms with Gasteiger partial charge in [-0.25, -0.2) is 63.5 Å². The Hall–Kier alpha value is -13.9. The van der Waals surface area contributed by atoms with Gasteiger partial charge in [0.2, 0.25) is 21.7 Å². The summed E-state index contributed by atoms with van der Waals surface area (Å²) < 4.78 is 182. The van der Waals surface area contributed by atoms with Crippen molar-refractivity contribution in [1.82, 2.24) is 48.2 Å². The maximum atomic E-state index is 13.9. The van der Waals surface area contributed by atoms with Crippen LogP contribution in [0.2, 0.25) is 0 Å². The van der Waals surface area contributed by atoms with Crippen molar-refractivity contribution in [3.8, 4) is 28.7 Å². The van der Waals surface area contributed by atoms with Gasteiger partial charge in [-0.2, -0.15) is 0 Å². The number of ether oxygens (including phenoxy) is 11. The summed E-state index contributed by atoms with van der Waals surface area (Å²) in [6, 6.07) is 3.47. The number of carbonyl (C=O) groups excluding carboxylic acids is 7. The number of aromatic nitrogens is 5. The zero-order chi connectivity index (χ0) is 108. The molecule has 5 amide bonds. The molecule has 0 radical (unpaired) electrons. The van der Waals surface area contributed by atoms with Gasteiger partial charge in [0.15, 0.2) is 82.5 Å². The van der Waals surface area contributed by atoms with Crippen molar-refractivity contribution in [2.24, 2.45) is 11.5 Å². The fourth-order valence-electron chi connectivity index (χ4n) is 18.7. The van der Waals surface area contributed by atoms with E-state index in [1.165, 1.54) is 64.0 Å². The van der Waals surface area contributed by atoms with E-state index in [1.54, 1.807) is 9.80 Å². The van der Waals surface area contributed by atoms with Gasteiger partial charge in [-0.3, -0.25) is 47.9 Å². The van der Waals surface area contributed by atoms with E-state index >= 15 is 0 Å². The number of nitrogens with zero attached hydrogens (tertiary/aromatic N) is 8. The normalized spacial score (nSPS) is 20.3. The zero-order valence-corrected chi connectivity index (χ0v) is 82.8. The minimum Gasteiger partial charge on any atom is -0.868 e. The van der Waals surface area contributed by atoms with E-state index in [4.69, 9.17) is 79.6 Å². The molecule has 18 rings (SSSR count). The Bertz CT molecular complexity index is 6770. The number of nitrogens with one attached hydrogen (secondary N) is 2. The summed E-state index contributed by atoms with van der Waals surface area (Å²) in [4.78, 5) is 188. The smallest absolute Gasteiger partial charge is 0.868 e. The van der Waals surface area contributed by atoms with E-state index in [9.17, 15) is 122 Å². The third-order valence-electron chi connectivity index (χ3n) is 25.6. The predicted molar refractivity (Wildman–Crippen MR) is 483 cm³/mol. The SMILES string of the molecule is COC(=O)c1c(OC)c(=O)c(C(=O)O)cn1CC(O)O.COC(=O)c1c(OC)c(=O)c(C(=O)O)cn1CC(OC)OC.COc1c2n(cc(C(=O)NCc3c(F)cc(F)cc3F)c1=O)C[C@H]1O[C@@H]3CC[C@@H](C3)N1C2=O.COc1c2n(cc(C(=O)O)c1=O)C[C@H]1O[C@@H]3CC[C@@H](C3)N1C2=O.NCc1c(F)cc(F)cc1F.N[C@H]1CC[C@@H](O)C1.O=C(NCc1c(F)cc(F)cc1F)c1cn2c(c([O-])c1=O)C(=O)N1[C@H]3CC[C@H](C3)O[C@@H]1C2.[Na+]. The van der Waals surface area contributed by atoms with E-state index in [-0.39, 0.29) is 156 Å². The monoisotopic (exact) mass is 2120 g/mol. The number of carboxylic acid groups (broad SMARTS) is 3. The summed E-state index contributed by atoms with van der Waals surface area (Å²) in [5, 5.41) is 71.1. The number of benzene rings is 3. The molecule has 11 atom stereocenters. The van der Waals surface area contributed by atoms with Gasteiger partial charge in [-0.05, 0) is 82.8 Å². The fraction of sp³-hybridized carbons (Fsp3) is 0.436. The first-order valence-corrected chi connectivity index (χ1v) is 45.2. The molecule has 55 heteroatoms. The van der Waals surface area contributed by atoms with Crippen LogP contribution in [0.5, 0.6) is 28.7 Å². The van der Waals surface area contributed by atoms with Crippen molar-refractivity contribution in [3.05, 3.63) is 244 Å². The molecule has 798 valence electrons. The number of carboxylic acids is 3. The zero-order valence-electron chi connectivity index (χ0n) is 80.8. The molecule has 10 aliphatic rings. The van der Waals surface area contributed by atoms with Crippen molar-refractivity contribution in [2.75, 3.05) is 56.9 Å². The number of methoxy groups -OCH3 is 8. The molecule has 11 heterocycles. The van der Waals surface area contributed by atoms with Crippen LogP contribution in [-0.4, -0.2) is 264 Å². The molecule has 4 aliphatic carbocycles. The molecule has 8 aromatic rings. The second-order valence-corrected chi connectivity index (χ2v) is 34.6. The minimum absolute atomic E-state index is 0. The first kappa shape index (κ1) is 115. The number of amides is 5. The van der Waals surface area contributed by atoms with Crippen LogP contribution < -0.4 is 103 Å². The number of aliphatic hydroxyl groups excluding tert-OH is 2. The molecule has 6 aliphatic heterocycles. The van der Waals surface area contributed by atoms with Gasteiger partial charge in [0.1, 0.15) is 85.9 Å². The fourth-order valence-corrected chi connectivity index (χ4v) is 18.7. The average molecular weight is 2120 g/mol. The number of rotatable bonds is 22. The number of fused-ring (bicyclic) bond motifs is 15. The Morgan fingerprint density at radius 2 is 0.745 bits per heavy atom. The second-order valence-electron chi connectivity index (χ2n) is 34.6. The third kappa shape index (κ3) is 25.0. The Kier molecular flexibility index (Phi) is 38.3. The molecule has 45 nitrogen and oxygen atoms in total. The van der Waals surface area contributed by atoms with Crippen molar-refractivity contribution >= 4 is 59.4 Å². The van der Waals surface area contributed by atoms with Crippen LogP contribution in [0.25, 0.3) is 0 Å². The van der Waals surface area contributed by atoms with Gasteiger partial charge >= 0.3 is 59.4 Å². The van der Waals surface area contributed by atoms with Crippen molar-refractivity contribution < 1.29 is 205 Å². The van der Waals surface area contributed by atoms with Crippen molar-refractivity contribution in [3.63, 3.8) is 0 Å². The molecular formula is C94H100F9N12NaO33. The van der Waals surface area contributed by atoms with E-state index in [0.29, 0.717) is 49.4 Å². The van der Waals surface area contributed by atoms with E-state index in [1.807, 2.05) is 0 Å². The van der Waals surface area contributed by atoms with Crippen molar-refractivity contribution in [1.29, 1.82) is 0 Å². The van der Waals surface area contributed by atoms with Gasteiger partial charge in [-0.1, -0.05) is 0 Å². The Balaban J connectivity index is 0.000000171. The molecule has 0 spiro atoms. The largest absolute Gasteiger partial charge is 1.00 e. The summed E-state index contributed by atoms with van der Waals surface area (Å²) in [5.41, 5.74) is 0.913. The number of carbonyl (C=O) groups is 10. The number of pyridine rings is 5. The van der Waals surface area contributed by atoms with E-state index in [0.717, 1.165) is 122 Å². The van der Waals surface area contributed by atoms with Crippen LogP contribution in [-0.2, 0) is 85.5 Å². The molecule has 12 N–H and O–H groups in total. The summed E-state index contributed by atoms with van der Waals surface area (Å²) >= 11 is 0. The molecule has 149 heavy (non-hydrogen) atoms. The number of hydrogen-bond donors (Lipinski definition) is 10. The first-order valence-electron chi connectivity index (χ1n) is 45.2. The second kappa shape index (κ2) is 49.5. The van der Waals surface area contributed by atoms with Crippen LogP contribution in [0.4, 0.5) is 39.5 Å². The number of hydrogen-bond acceptors (Lipinski definition) is 32. The summed E-state index contributed by atoms with van der Waals surface area (Å²) in [5.74, 6) is -21.8. The van der Waals surface area contributed by atoms with Gasteiger partial charge in [0.25, 0.3) is 29.5 Å². The summed E-state index contributed by atoms with van der Waals surface area (Å²) in [7, 11) is 9.66.